The average molecular weight is 142 g/mol. The summed E-state index contributed by atoms with van der Waals surface area (Å²) in [5.74, 6) is 0.133. The van der Waals surface area contributed by atoms with E-state index in [0.29, 0.717) is 13.3 Å². The Labute approximate surface area is 59.1 Å². The summed E-state index contributed by atoms with van der Waals surface area (Å²) in [7, 11) is 0. The lowest BCUT2D eigenvalue weighted by Gasteiger charge is -2.01. The molecular formula is C6H10N2O2. The summed E-state index contributed by atoms with van der Waals surface area (Å²) in [6.45, 7) is 2.90. The Morgan fingerprint density at radius 3 is 3.10 bits per heavy atom. The van der Waals surface area contributed by atoms with Crippen LogP contribution in [0, 0.1) is 0 Å². The van der Waals surface area contributed by atoms with Crippen molar-refractivity contribution in [3.8, 4) is 5.88 Å². The van der Waals surface area contributed by atoms with E-state index < -0.39 is 0 Å². The lowest BCUT2D eigenvalue weighted by molar-refractivity contribution is 0.0824. The predicted molar refractivity (Wildman–Crippen MR) is 35.5 cm³/mol. The fourth-order valence-corrected chi connectivity index (χ4v) is 0.603. The molecule has 0 fully saturated rings. The summed E-state index contributed by atoms with van der Waals surface area (Å²) in [4.78, 5) is 3.71. The first-order chi connectivity index (χ1) is 4.84. The van der Waals surface area contributed by atoms with Gasteiger partial charge in [0.2, 0.25) is 5.88 Å². The van der Waals surface area contributed by atoms with Crippen LogP contribution in [0.5, 0.6) is 5.88 Å². The highest BCUT2D eigenvalue weighted by atomic mass is 16.5. The topological polar surface area (TPSA) is 47.3 Å². The second-order valence-corrected chi connectivity index (χ2v) is 1.84. The maximum absolute atomic E-state index is 9.00. The molecule has 0 unspecified atom stereocenters. The van der Waals surface area contributed by atoms with Crippen molar-refractivity contribution in [1.82, 2.24) is 9.55 Å². The van der Waals surface area contributed by atoms with Crippen LogP contribution in [0.1, 0.15) is 6.92 Å². The van der Waals surface area contributed by atoms with Gasteiger partial charge in [0.05, 0.1) is 12.5 Å². The quantitative estimate of drug-likeness (QED) is 0.671. The van der Waals surface area contributed by atoms with Gasteiger partial charge < -0.3 is 9.84 Å². The molecule has 1 aromatic heterocycles. The third-order valence-corrected chi connectivity index (χ3v) is 1.12. The van der Waals surface area contributed by atoms with Gasteiger partial charge >= 0.3 is 0 Å². The van der Waals surface area contributed by atoms with Crippen molar-refractivity contribution in [2.45, 2.75) is 13.7 Å². The Balaban J connectivity index is 2.49. The van der Waals surface area contributed by atoms with E-state index in [4.69, 9.17) is 9.84 Å². The number of hydrogen-bond acceptors (Lipinski definition) is 3. The van der Waals surface area contributed by atoms with E-state index in [-0.39, 0.29) is 5.88 Å². The first-order valence-corrected chi connectivity index (χ1v) is 3.11. The molecule has 0 aliphatic rings. The summed E-state index contributed by atoms with van der Waals surface area (Å²) in [6.07, 6.45) is 2.89. The minimum atomic E-state index is 0.133. The zero-order valence-electron chi connectivity index (χ0n) is 5.82. The van der Waals surface area contributed by atoms with E-state index in [9.17, 15) is 0 Å². The predicted octanol–water partition coefficient (Wildman–Crippen LogP) is 0.583. The Hall–Kier alpha value is -1.03. The Morgan fingerprint density at radius 2 is 2.60 bits per heavy atom. The maximum atomic E-state index is 9.00. The minimum Gasteiger partial charge on any atom is -0.493 e. The molecule has 1 aromatic rings. The molecule has 10 heavy (non-hydrogen) atoms. The molecule has 0 amide bonds. The minimum absolute atomic E-state index is 0.133. The zero-order valence-corrected chi connectivity index (χ0v) is 5.82. The van der Waals surface area contributed by atoms with Crippen molar-refractivity contribution >= 4 is 0 Å². The molecule has 0 saturated heterocycles. The number of imidazole rings is 1. The molecule has 56 valence electrons. The Bertz CT molecular complexity index is 197. The fraction of sp³-hybridized carbons (Fsp3) is 0.500. The molecular weight excluding hydrogens is 132 g/mol. The van der Waals surface area contributed by atoms with E-state index in [1.807, 2.05) is 6.92 Å². The zero-order chi connectivity index (χ0) is 7.40. The lowest BCUT2D eigenvalue weighted by atomic mass is 10.8. The average Bonchev–Trinajstić information content (AvgIpc) is 2.31. The molecule has 0 aliphatic heterocycles. The third-order valence-electron chi connectivity index (χ3n) is 1.12. The number of aromatic nitrogens is 2. The molecule has 4 nitrogen and oxygen atoms in total. The Kier molecular flexibility index (Phi) is 2.28. The molecule has 4 heteroatoms. The van der Waals surface area contributed by atoms with Crippen LogP contribution in [0.25, 0.3) is 0 Å². The lowest BCUT2D eigenvalue weighted by Crippen LogP contribution is -1.99. The molecule has 1 N–H and O–H groups in total. The number of aromatic hydroxyl groups is 1. The highest BCUT2D eigenvalue weighted by molar-refractivity contribution is 5.01. The van der Waals surface area contributed by atoms with Crippen LogP contribution in [-0.2, 0) is 11.5 Å². The van der Waals surface area contributed by atoms with Gasteiger partial charge in [0.25, 0.3) is 0 Å². The molecule has 0 spiro atoms. The van der Waals surface area contributed by atoms with Gasteiger partial charge in [-0.25, -0.2) is 4.98 Å². The van der Waals surface area contributed by atoms with Gasteiger partial charge in [-0.05, 0) is 6.92 Å². The molecule has 0 radical (unpaired) electrons. The van der Waals surface area contributed by atoms with E-state index in [1.54, 1.807) is 0 Å². The van der Waals surface area contributed by atoms with Gasteiger partial charge in [-0.1, -0.05) is 0 Å². The summed E-state index contributed by atoms with van der Waals surface area (Å²) >= 11 is 0. The number of hydrogen-bond donors (Lipinski definition) is 1. The molecule has 1 rings (SSSR count). The van der Waals surface area contributed by atoms with Crippen molar-refractivity contribution in [3.63, 3.8) is 0 Å². The van der Waals surface area contributed by atoms with Crippen LogP contribution in [0.3, 0.4) is 0 Å². The van der Waals surface area contributed by atoms with Crippen molar-refractivity contribution in [3.05, 3.63) is 12.5 Å². The van der Waals surface area contributed by atoms with E-state index >= 15 is 0 Å². The molecule has 1 heterocycles. The van der Waals surface area contributed by atoms with Crippen LogP contribution in [0.15, 0.2) is 12.5 Å². The van der Waals surface area contributed by atoms with Crippen LogP contribution in [-0.4, -0.2) is 21.3 Å². The fourth-order valence-electron chi connectivity index (χ4n) is 0.603. The van der Waals surface area contributed by atoms with Gasteiger partial charge in [-0.2, -0.15) is 0 Å². The van der Waals surface area contributed by atoms with Crippen molar-refractivity contribution in [2.75, 3.05) is 6.61 Å². The number of rotatable bonds is 3. The van der Waals surface area contributed by atoms with E-state index in [2.05, 4.69) is 4.98 Å². The first-order valence-electron chi connectivity index (χ1n) is 3.11. The largest absolute Gasteiger partial charge is 0.493 e. The second-order valence-electron chi connectivity index (χ2n) is 1.84. The summed E-state index contributed by atoms with van der Waals surface area (Å²) in [5, 5.41) is 9.00. The Morgan fingerprint density at radius 1 is 1.80 bits per heavy atom. The monoisotopic (exact) mass is 142 g/mol. The van der Waals surface area contributed by atoms with Crippen molar-refractivity contribution < 1.29 is 9.84 Å². The molecule has 0 aromatic carbocycles. The van der Waals surface area contributed by atoms with Gasteiger partial charge in [0.15, 0.2) is 0 Å². The third kappa shape index (κ3) is 1.48. The van der Waals surface area contributed by atoms with Crippen molar-refractivity contribution in [1.29, 1.82) is 0 Å². The second kappa shape index (κ2) is 3.22. The SMILES string of the molecule is CCOCn1cncc1O. The molecule has 0 aliphatic carbocycles. The highest BCUT2D eigenvalue weighted by Crippen LogP contribution is 2.05. The van der Waals surface area contributed by atoms with Crippen LogP contribution >= 0.6 is 0 Å². The van der Waals surface area contributed by atoms with E-state index in [0.717, 1.165) is 0 Å². The smallest absolute Gasteiger partial charge is 0.213 e. The summed E-state index contributed by atoms with van der Waals surface area (Å²) in [6, 6.07) is 0. The number of nitrogens with zero attached hydrogens (tertiary/aromatic N) is 2. The summed E-state index contributed by atoms with van der Waals surface area (Å²) in [5.41, 5.74) is 0. The molecule has 0 saturated carbocycles. The van der Waals surface area contributed by atoms with Gasteiger partial charge in [-0.3, -0.25) is 4.57 Å². The highest BCUT2D eigenvalue weighted by Gasteiger charge is 1.95. The van der Waals surface area contributed by atoms with Crippen LogP contribution in [0.2, 0.25) is 0 Å². The van der Waals surface area contributed by atoms with Gasteiger partial charge in [0, 0.05) is 6.61 Å². The molecule has 0 bridgehead atoms. The van der Waals surface area contributed by atoms with Crippen molar-refractivity contribution in [2.24, 2.45) is 0 Å². The van der Waals surface area contributed by atoms with Crippen LogP contribution < -0.4 is 0 Å². The van der Waals surface area contributed by atoms with Gasteiger partial charge in [0.1, 0.15) is 6.73 Å². The van der Waals surface area contributed by atoms with Gasteiger partial charge in [-0.15, -0.1) is 0 Å². The molecule has 0 atom stereocenters. The summed E-state index contributed by atoms with van der Waals surface area (Å²) < 4.78 is 6.54. The normalized spacial score (nSPS) is 10.1. The standard InChI is InChI=1S/C6H10N2O2/c1-2-10-5-8-4-7-3-6(8)9/h3-4,9H,2,5H2,1H3. The van der Waals surface area contributed by atoms with Crippen LogP contribution in [0.4, 0.5) is 0 Å². The number of ether oxygens (including phenoxy) is 1. The maximum Gasteiger partial charge on any atom is 0.213 e. The van der Waals surface area contributed by atoms with E-state index in [1.165, 1.54) is 17.1 Å². The first kappa shape index (κ1) is 7.08.